The molecule has 2 N–H and O–H groups in total. The number of hydrogen-bond donors (Lipinski definition) is 1. The van der Waals surface area contributed by atoms with Crippen LogP contribution in [0.25, 0.3) is 0 Å². The second-order valence-electron chi connectivity index (χ2n) is 9.07. The van der Waals surface area contributed by atoms with Crippen molar-refractivity contribution in [1.29, 1.82) is 5.26 Å². The fourth-order valence-corrected chi connectivity index (χ4v) is 4.87. The summed E-state index contributed by atoms with van der Waals surface area (Å²) in [5, 5.41) is 10.8. The third-order valence-electron chi connectivity index (χ3n) is 6.21. The minimum Gasteiger partial charge on any atom is -0.497 e. The number of hydrogen-bond acceptors (Lipinski definition) is 6. The number of carbonyl (C=O) groups is 1. The van der Waals surface area contributed by atoms with Gasteiger partial charge in [-0.3, -0.25) is 9.69 Å². The number of methoxy groups -OCH3 is 2. The Morgan fingerprint density at radius 1 is 1.12 bits per heavy atom. The maximum atomic E-state index is 13.6. The summed E-state index contributed by atoms with van der Waals surface area (Å²) in [5.41, 5.74) is 9.58. The second-order valence-corrected chi connectivity index (χ2v) is 9.51. The van der Waals surface area contributed by atoms with Gasteiger partial charge in [-0.2, -0.15) is 5.26 Å². The van der Waals surface area contributed by atoms with Crippen molar-refractivity contribution < 1.29 is 14.3 Å². The van der Waals surface area contributed by atoms with Gasteiger partial charge >= 0.3 is 0 Å². The molecule has 0 amide bonds. The Balaban J connectivity index is 2.01. The highest BCUT2D eigenvalue weighted by atomic mass is 35.5. The van der Waals surface area contributed by atoms with Crippen molar-refractivity contribution in [3.63, 3.8) is 0 Å². The molecule has 2 aliphatic rings. The first kappa shape index (κ1) is 22.8. The molecular weight excluding hydrogens is 438 g/mol. The Morgan fingerprint density at radius 2 is 1.82 bits per heavy atom. The summed E-state index contributed by atoms with van der Waals surface area (Å²) >= 11 is 6.10. The van der Waals surface area contributed by atoms with Crippen LogP contribution in [-0.4, -0.2) is 20.0 Å². The maximum Gasteiger partial charge on any atom is 0.162 e. The first-order valence-electron chi connectivity index (χ1n) is 10.6. The van der Waals surface area contributed by atoms with Crippen LogP contribution in [0.1, 0.15) is 38.2 Å². The lowest BCUT2D eigenvalue weighted by atomic mass is 9.68. The Bertz CT molecular complexity index is 1220. The molecule has 0 saturated heterocycles. The van der Waals surface area contributed by atoms with Crippen LogP contribution in [0, 0.1) is 16.7 Å². The molecule has 1 heterocycles. The number of rotatable bonds is 4. The number of nitrogens with two attached hydrogens (primary N) is 1. The van der Waals surface area contributed by atoms with Crippen molar-refractivity contribution in [2.75, 3.05) is 19.1 Å². The fourth-order valence-electron chi connectivity index (χ4n) is 4.74. The van der Waals surface area contributed by atoms with Gasteiger partial charge in [0.2, 0.25) is 0 Å². The highest BCUT2D eigenvalue weighted by Gasteiger charge is 2.45. The Hall–Kier alpha value is -3.43. The Kier molecular flexibility index (Phi) is 5.85. The normalized spacial score (nSPS) is 19.8. The van der Waals surface area contributed by atoms with Gasteiger partial charge in [-0.1, -0.05) is 37.6 Å². The molecule has 2 aromatic rings. The quantitative estimate of drug-likeness (QED) is 0.662. The number of nitrogens with zero attached hydrogens (tertiary/aromatic N) is 2. The van der Waals surface area contributed by atoms with E-state index in [1.165, 1.54) is 0 Å². The molecule has 33 heavy (non-hydrogen) atoms. The number of allylic oxidation sites excluding steroid dienone is 3. The predicted molar refractivity (Wildman–Crippen MR) is 128 cm³/mol. The zero-order valence-corrected chi connectivity index (χ0v) is 19.9. The molecule has 1 atom stereocenters. The van der Waals surface area contributed by atoms with Crippen molar-refractivity contribution in [1.82, 2.24) is 0 Å². The molecule has 4 rings (SSSR count). The van der Waals surface area contributed by atoms with Crippen molar-refractivity contribution >= 4 is 23.1 Å². The smallest absolute Gasteiger partial charge is 0.162 e. The van der Waals surface area contributed by atoms with E-state index >= 15 is 0 Å². The summed E-state index contributed by atoms with van der Waals surface area (Å²) in [6.07, 6.45) is 1.01. The lowest BCUT2D eigenvalue weighted by Crippen LogP contribution is -2.42. The number of Topliss-reactive ketones (excluding diaryl/α,β-unsaturated/α-hetero) is 1. The van der Waals surface area contributed by atoms with Crippen molar-refractivity contribution in [2.24, 2.45) is 11.1 Å². The number of benzene rings is 2. The van der Waals surface area contributed by atoms with E-state index < -0.39 is 5.92 Å². The molecule has 0 aromatic heterocycles. The van der Waals surface area contributed by atoms with Crippen molar-refractivity contribution in [3.8, 4) is 17.6 Å². The van der Waals surface area contributed by atoms with E-state index in [0.29, 0.717) is 46.2 Å². The van der Waals surface area contributed by atoms with E-state index in [2.05, 4.69) is 19.9 Å². The number of carbonyl (C=O) groups excluding carboxylic acids is 1. The minimum atomic E-state index is -0.550. The summed E-state index contributed by atoms with van der Waals surface area (Å²) in [6.45, 7) is 4.13. The molecule has 0 fully saturated rings. The molecule has 0 radical (unpaired) electrons. The highest BCUT2D eigenvalue weighted by Crippen LogP contribution is 2.51. The molecule has 170 valence electrons. The molecule has 1 aliphatic carbocycles. The topological polar surface area (TPSA) is 88.6 Å². The molecule has 7 heteroatoms. The average Bonchev–Trinajstić information content (AvgIpc) is 2.78. The number of ether oxygens (including phenoxy) is 2. The van der Waals surface area contributed by atoms with E-state index in [0.717, 1.165) is 11.3 Å². The molecule has 1 aliphatic heterocycles. The molecule has 0 bridgehead atoms. The zero-order chi connectivity index (χ0) is 23.9. The molecule has 0 spiro atoms. The van der Waals surface area contributed by atoms with Gasteiger partial charge in [0.25, 0.3) is 0 Å². The third-order valence-corrected chi connectivity index (χ3v) is 6.46. The average molecular weight is 464 g/mol. The predicted octanol–water partition coefficient (Wildman–Crippen LogP) is 5.30. The van der Waals surface area contributed by atoms with Gasteiger partial charge in [0, 0.05) is 28.8 Å². The van der Waals surface area contributed by atoms with Crippen LogP contribution < -0.4 is 20.1 Å². The third kappa shape index (κ3) is 3.94. The van der Waals surface area contributed by atoms with E-state index in [1.807, 2.05) is 18.2 Å². The van der Waals surface area contributed by atoms with Gasteiger partial charge in [0.1, 0.15) is 17.3 Å². The standard InChI is InChI=1S/C26H26ClN3O3/c1-26(2)12-20-24(21(31)13-26)23(15-5-7-16(27)8-6-15)18(14-28)25(29)30(20)19-10-9-17(32-3)11-22(19)33-4/h5-11,23H,12-13,29H2,1-4H3/t23-/m1/s1. The minimum absolute atomic E-state index is 0.0129. The lowest BCUT2D eigenvalue weighted by molar-refractivity contribution is -0.118. The lowest BCUT2D eigenvalue weighted by Gasteiger charge is -2.44. The van der Waals surface area contributed by atoms with Crippen LogP contribution >= 0.6 is 11.6 Å². The van der Waals surface area contributed by atoms with Gasteiger partial charge in [-0.15, -0.1) is 0 Å². The number of anilines is 1. The van der Waals surface area contributed by atoms with E-state index in [-0.39, 0.29) is 17.0 Å². The molecule has 0 saturated carbocycles. The second kappa shape index (κ2) is 8.49. The summed E-state index contributed by atoms with van der Waals surface area (Å²) < 4.78 is 11.0. The first-order chi connectivity index (χ1) is 15.7. The van der Waals surface area contributed by atoms with Crippen molar-refractivity contribution in [2.45, 2.75) is 32.6 Å². The summed E-state index contributed by atoms with van der Waals surface area (Å²) in [5.74, 6) is 0.904. The number of halogens is 1. The van der Waals surface area contributed by atoms with E-state index in [1.54, 1.807) is 43.4 Å². The Morgan fingerprint density at radius 3 is 2.42 bits per heavy atom. The highest BCUT2D eigenvalue weighted by molar-refractivity contribution is 6.30. The van der Waals surface area contributed by atoms with E-state index in [4.69, 9.17) is 26.8 Å². The first-order valence-corrected chi connectivity index (χ1v) is 11.0. The summed E-state index contributed by atoms with van der Waals surface area (Å²) in [4.78, 5) is 15.4. The van der Waals surface area contributed by atoms with Crippen LogP contribution in [0.15, 0.2) is 65.1 Å². The van der Waals surface area contributed by atoms with Crippen molar-refractivity contribution in [3.05, 3.63) is 75.7 Å². The van der Waals surface area contributed by atoms with Gasteiger partial charge in [0.05, 0.1) is 37.5 Å². The molecule has 6 nitrogen and oxygen atoms in total. The molecular formula is C26H26ClN3O3. The summed E-state index contributed by atoms with van der Waals surface area (Å²) in [6, 6.07) is 14.9. The number of nitriles is 1. The molecule has 2 aromatic carbocycles. The van der Waals surface area contributed by atoms with Crippen LogP contribution in [0.2, 0.25) is 5.02 Å². The molecule has 0 unspecified atom stereocenters. The monoisotopic (exact) mass is 463 g/mol. The largest absolute Gasteiger partial charge is 0.497 e. The number of ketones is 1. The van der Waals surface area contributed by atoms with Crippen LogP contribution in [0.4, 0.5) is 5.69 Å². The van der Waals surface area contributed by atoms with Crippen LogP contribution in [0.3, 0.4) is 0 Å². The van der Waals surface area contributed by atoms with Gasteiger partial charge in [0.15, 0.2) is 5.78 Å². The van der Waals surface area contributed by atoms with Crippen LogP contribution in [-0.2, 0) is 4.79 Å². The Labute approximate surface area is 198 Å². The van der Waals surface area contributed by atoms with Gasteiger partial charge in [-0.05, 0) is 41.7 Å². The maximum absolute atomic E-state index is 13.6. The zero-order valence-electron chi connectivity index (χ0n) is 19.1. The van der Waals surface area contributed by atoms with Gasteiger partial charge in [-0.25, -0.2) is 0 Å². The van der Waals surface area contributed by atoms with E-state index in [9.17, 15) is 10.1 Å². The van der Waals surface area contributed by atoms with Crippen LogP contribution in [0.5, 0.6) is 11.5 Å². The fraction of sp³-hybridized carbons (Fsp3) is 0.308. The van der Waals surface area contributed by atoms with Gasteiger partial charge < -0.3 is 15.2 Å². The SMILES string of the molecule is COc1ccc(N2C(N)=C(C#N)[C@@H](c3ccc(Cl)cc3)C3=C2CC(C)(C)CC3=O)c(OC)c1. The summed E-state index contributed by atoms with van der Waals surface area (Å²) in [7, 11) is 3.14.